The van der Waals surface area contributed by atoms with Crippen molar-refractivity contribution in [2.45, 2.75) is 26.8 Å². The smallest absolute Gasteiger partial charge is 0.246 e. The summed E-state index contributed by atoms with van der Waals surface area (Å²) in [5.74, 6) is 0.725. The molecule has 0 radical (unpaired) electrons. The zero-order valence-electron chi connectivity index (χ0n) is 13.4. The van der Waals surface area contributed by atoms with E-state index in [0.717, 1.165) is 28.3 Å². The molecule has 116 valence electrons. The van der Waals surface area contributed by atoms with Crippen molar-refractivity contribution in [2.24, 2.45) is 0 Å². The minimum absolute atomic E-state index is 0.0653. The Labute approximate surface area is 131 Å². The van der Waals surface area contributed by atoms with Crippen molar-refractivity contribution in [3.63, 3.8) is 0 Å². The minimum atomic E-state index is -0.340. The van der Waals surface area contributed by atoms with Crippen LogP contribution in [0.4, 0.5) is 11.4 Å². The van der Waals surface area contributed by atoms with Gasteiger partial charge in [0.25, 0.3) is 0 Å². The van der Waals surface area contributed by atoms with E-state index in [4.69, 9.17) is 4.74 Å². The summed E-state index contributed by atoms with van der Waals surface area (Å²) in [6.45, 7) is 5.88. The summed E-state index contributed by atoms with van der Waals surface area (Å²) < 4.78 is 5.12. The van der Waals surface area contributed by atoms with Crippen molar-refractivity contribution in [2.75, 3.05) is 17.7 Å². The molecule has 0 saturated heterocycles. The molecule has 0 spiro atoms. The predicted octanol–water partition coefficient (Wildman–Crippen LogP) is 3.75. The summed E-state index contributed by atoms with van der Waals surface area (Å²) in [7, 11) is 1.63. The van der Waals surface area contributed by atoms with Crippen LogP contribution in [0.5, 0.6) is 5.75 Å². The van der Waals surface area contributed by atoms with E-state index in [2.05, 4.69) is 10.6 Å². The second kappa shape index (κ2) is 6.98. The fourth-order valence-corrected chi connectivity index (χ4v) is 2.13. The van der Waals surface area contributed by atoms with Gasteiger partial charge in [0.15, 0.2) is 0 Å². The van der Waals surface area contributed by atoms with Crippen molar-refractivity contribution in [1.82, 2.24) is 0 Å². The van der Waals surface area contributed by atoms with Gasteiger partial charge in [-0.3, -0.25) is 4.79 Å². The van der Waals surface area contributed by atoms with Gasteiger partial charge in [-0.2, -0.15) is 0 Å². The third-order valence-corrected chi connectivity index (χ3v) is 3.73. The summed E-state index contributed by atoms with van der Waals surface area (Å²) in [5.41, 5.74) is 3.99. The number of amides is 1. The Bertz CT molecular complexity index is 651. The number of rotatable bonds is 5. The van der Waals surface area contributed by atoms with Crippen LogP contribution in [-0.4, -0.2) is 19.1 Å². The molecule has 0 heterocycles. The first-order valence-electron chi connectivity index (χ1n) is 7.29. The third kappa shape index (κ3) is 3.79. The first-order chi connectivity index (χ1) is 10.5. The molecule has 1 atom stereocenters. The van der Waals surface area contributed by atoms with E-state index < -0.39 is 0 Å². The second-order valence-corrected chi connectivity index (χ2v) is 5.33. The van der Waals surface area contributed by atoms with Crippen LogP contribution in [0.15, 0.2) is 42.5 Å². The van der Waals surface area contributed by atoms with Crippen molar-refractivity contribution < 1.29 is 9.53 Å². The van der Waals surface area contributed by atoms with Crippen molar-refractivity contribution in [3.05, 3.63) is 53.6 Å². The number of benzene rings is 2. The van der Waals surface area contributed by atoms with Crippen LogP contribution in [0.3, 0.4) is 0 Å². The molecule has 2 aromatic rings. The predicted molar refractivity (Wildman–Crippen MR) is 90.6 cm³/mol. The van der Waals surface area contributed by atoms with Gasteiger partial charge in [-0.15, -0.1) is 0 Å². The highest BCUT2D eigenvalue weighted by Crippen LogP contribution is 2.19. The summed E-state index contributed by atoms with van der Waals surface area (Å²) in [5, 5.41) is 6.15. The lowest BCUT2D eigenvalue weighted by Gasteiger charge is -2.17. The average molecular weight is 298 g/mol. The monoisotopic (exact) mass is 298 g/mol. The van der Waals surface area contributed by atoms with Gasteiger partial charge in [0.1, 0.15) is 11.8 Å². The van der Waals surface area contributed by atoms with E-state index >= 15 is 0 Å². The molecule has 0 fully saturated rings. The summed E-state index contributed by atoms with van der Waals surface area (Å²) in [6.07, 6.45) is 0. The van der Waals surface area contributed by atoms with Gasteiger partial charge in [-0.05, 0) is 62.2 Å². The Morgan fingerprint density at radius 1 is 1.09 bits per heavy atom. The van der Waals surface area contributed by atoms with E-state index in [1.165, 1.54) is 0 Å². The molecule has 0 saturated carbocycles. The number of carbonyl (C=O) groups is 1. The summed E-state index contributed by atoms with van der Waals surface area (Å²) in [6, 6.07) is 13.0. The number of hydrogen-bond acceptors (Lipinski definition) is 3. The molecular weight excluding hydrogens is 276 g/mol. The number of hydrogen-bond donors (Lipinski definition) is 2. The maximum atomic E-state index is 12.3. The molecule has 0 aliphatic heterocycles. The number of anilines is 2. The van der Waals surface area contributed by atoms with Crippen LogP contribution >= 0.6 is 0 Å². The molecule has 1 amide bonds. The molecule has 4 nitrogen and oxygen atoms in total. The molecular formula is C18H22N2O2. The molecule has 22 heavy (non-hydrogen) atoms. The Balaban J connectivity index is 2.01. The third-order valence-electron chi connectivity index (χ3n) is 3.73. The zero-order valence-corrected chi connectivity index (χ0v) is 13.4. The molecule has 0 aliphatic carbocycles. The molecule has 0 bridgehead atoms. The fourth-order valence-electron chi connectivity index (χ4n) is 2.13. The fraction of sp³-hybridized carbons (Fsp3) is 0.278. The van der Waals surface area contributed by atoms with E-state index in [9.17, 15) is 4.79 Å². The van der Waals surface area contributed by atoms with Gasteiger partial charge in [-0.25, -0.2) is 0 Å². The lowest BCUT2D eigenvalue weighted by atomic mass is 10.1. The van der Waals surface area contributed by atoms with Gasteiger partial charge < -0.3 is 15.4 Å². The average Bonchev–Trinajstić information content (AvgIpc) is 2.52. The van der Waals surface area contributed by atoms with E-state index in [1.807, 2.05) is 63.2 Å². The van der Waals surface area contributed by atoms with Crippen LogP contribution in [-0.2, 0) is 4.79 Å². The lowest BCUT2D eigenvalue weighted by Crippen LogP contribution is -2.32. The van der Waals surface area contributed by atoms with Gasteiger partial charge in [0.2, 0.25) is 5.91 Å². The summed E-state index contributed by atoms with van der Waals surface area (Å²) in [4.78, 5) is 12.3. The maximum Gasteiger partial charge on any atom is 0.246 e. The molecule has 0 aliphatic rings. The van der Waals surface area contributed by atoms with Crippen molar-refractivity contribution >= 4 is 17.3 Å². The van der Waals surface area contributed by atoms with Crippen LogP contribution in [0.25, 0.3) is 0 Å². The number of nitrogens with one attached hydrogen (secondary N) is 2. The van der Waals surface area contributed by atoms with Crippen molar-refractivity contribution in [1.29, 1.82) is 0 Å². The largest absolute Gasteiger partial charge is 0.497 e. The number of aryl methyl sites for hydroxylation is 1. The first kappa shape index (κ1) is 15.9. The van der Waals surface area contributed by atoms with Crippen LogP contribution in [0.1, 0.15) is 18.1 Å². The molecule has 0 aromatic heterocycles. The SMILES string of the molecule is COc1ccc(NC(C)C(=O)Nc2cccc(C)c2C)cc1. The van der Waals surface area contributed by atoms with Gasteiger partial charge in [-0.1, -0.05) is 12.1 Å². The van der Waals surface area contributed by atoms with E-state index in [0.29, 0.717) is 0 Å². The van der Waals surface area contributed by atoms with Crippen LogP contribution in [0, 0.1) is 13.8 Å². The highest BCUT2D eigenvalue weighted by molar-refractivity contribution is 5.96. The van der Waals surface area contributed by atoms with E-state index in [-0.39, 0.29) is 11.9 Å². The topological polar surface area (TPSA) is 50.4 Å². The van der Waals surface area contributed by atoms with Gasteiger partial charge in [0.05, 0.1) is 7.11 Å². The zero-order chi connectivity index (χ0) is 16.1. The van der Waals surface area contributed by atoms with E-state index in [1.54, 1.807) is 7.11 Å². The first-order valence-corrected chi connectivity index (χ1v) is 7.29. The Hall–Kier alpha value is -2.49. The molecule has 2 aromatic carbocycles. The number of carbonyl (C=O) groups excluding carboxylic acids is 1. The number of ether oxygens (including phenoxy) is 1. The molecule has 1 unspecified atom stereocenters. The quantitative estimate of drug-likeness (QED) is 0.884. The lowest BCUT2D eigenvalue weighted by molar-refractivity contribution is -0.116. The summed E-state index contributed by atoms with van der Waals surface area (Å²) >= 11 is 0. The second-order valence-electron chi connectivity index (χ2n) is 5.33. The highest BCUT2D eigenvalue weighted by Gasteiger charge is 2.14. The van der Waals surface area contributed by atoms with Gasteiger partial charge in [0, 0.05) is 11.4 Å². The maximum absolute atomic E-state index is 12.3. The Kier molecular flexibility index (Phi) is 5.04. The number of methoxy groups -OCH3 is 1. The van der Waals surface area contributed by atoms with Crippen LogP contribution in [0.2, 0.25) is 0 Å². The molecule has 2 N–H and O–H groups in total. The highest BCUT2D eigenvalue weighted by atomic mass is 16.5. The van der Waals surface area contributed by atoms with Crippen molar-refractivity contribution in [3.8, 4) is 5.75 Å². The minimum Gasteiger partial charge on any atom is -0.497 e. The van der Waals surface area contributed by atoms with Crippen LogP contribution < -0.4 is 15.4 Å². The normalized spacial score (nSPS) is 11.6. The standard InChI is InChI=1S/C18H22N2O2/c1-12-6-5-7-17(13(12)2)20-18(21)14(3)19-15-8-10-16(22-4)11-9-15/h5-11,14,19H,1-4H3,(H,20,21). The Morgan fingerprint density at radius 2 is 1.77 bits per heavy atom. The van der Waals surface area contributed by atoms with Gasteiger partial charge >= 0.3 is 0 Å². The molecule has 4 heteroatoms. The Morgan fingerprint density at radius 3 is 2.41 bits per heavy atom. The molecule has 2 rings (SSSR count).